The summed E-state index contributed by atoms with van der Waals surface area (Å²) < 4.78 is 14.7. The maximum Gasteiger partial charge on any atom is 0.264 e. The molecule has 0 saturated carbocycles. The van der Waals surface area contributed by atoms with Crippen molar-refractivity contribution in [1.82, 2.24) is 19.5 Å². The number of H-pyrrole nitrogens is 1. The lowest BCUT2D eigenvalue weighted by atomic mass is 10.0. The fourth-order valence-corrected chi connectivity index (χ4v) is 3.42. The standard InChI is InChI=1S/C18H17FN4O2/c1-11-9-16-20-17(24)14(10-23(16)21-11)18(25)22-8-2-3-15(22)12-4-6-13(19)7-5-12/h4-7,9-10,15H,2-3,8H2,1H3,(H,20,24). The highest BCUT2D eigenvalue weighted by atomic mass is 19.1. The van der Waals surface area contributed by atoms with Crippen molar-refractivity contribution in [3.05, 3.63) is 69.5 Å². The van der Waals surface area contributed by atoms with Crippen molar-refractivity contribution in [3.63, 3.8) is 0 Å². The van der Waals surface area contributed by atoms with Crippen LogP contribution in [0.1, 0.15) is 40.5 Å². The average Bonchev–Trinajstić information content (AvgIpc) is 3.19. The van der Waals surface area contributed by atoms with Gasteiger partial charge in [0.1, 0.15) is 17.0 Å². The molecule has 25 heavy (non-hydrogen) atoms. The quantitative estimate of drug-likeness (QED) is 0.779. The van der Waals surface area contributed by atoms with E-state index in [0.717, 1.165) is 24.1 Å². The number of carbonyl (C=O) groups excluding carboxylic acids is 1. The zero-order chi connectivity index (χ0) is 17.6. The summed E-state index contributed by atoms with van der Waals surface area (Å²) in [4.78, 5) is 29.7. The molecule has 4 rings (SSSR count). The summed E-state index contributed by atoms with van der Waals surface area (Å²) in [6.07, 6.45) is 3.11. The molecule has 1 unspecified atom stereocenters. The minimum Gasteiger partial charge on any atom is -0.331 e. The Kier molecular flexibility index (Phi) is 3.63. The van der Waals surface area contributed by atoms with Crippen LogP contribution in [0.2, 0.25) is 0 Å². The molecule has 3 aromatic rings. The van der Waals surface area contributed by atoms with E-state index in [1.165, 1.54) is 22.8 Å². The summed E-state index contributed by atoms with van der Waals surface area (Å²) in [6.45, 7) is 2.38. The summed E-state index contributed by atoms with van der Waals surface area (Å²) in [5.74, 6) is -0.640. The van der Waals surface area contributed by atoms with Gasteiger partial charge in [-0.05, 0) is 37.5 Å². The number of aryl methyl sites for hydroxylation is 1. The van der Waals surface area contributed by atoms with Crippen molar-refractivity contribution in [2.45, 2.75) is 25.8 Å². The number of carbonyl (C=O) groups is 1. The van der Waals surface area contributed by atoms with E-state index in [0.29, 0.717) is 12.2 Å². The summed E-state index contributed by atoms with van der Waals surface area (Å²) in [7, 11) is 0. The molecule has 1 saturated heterocycles. The molecule has 6 nitrogen and oxygen atoms in total. The third-order valence-electron chi connectivity index (χ3n) is 4.59. The summed E-state index contributed by atoms with van der Waals surface area (Å²) in [5.41, 5.74) is 1.81. The molecule has 3 heterocycles. The summed E-state index contributed by atoms with van der Waals surface area (Å²) >= 11 is 0. The molecule has 1 fully saturated rings. The van der Waals surface area contributed by atoms with Crippen LogP contribution in [0.3, 0.4) is 0 Å². The Balaban J connectivity index is 1.71. The van der Waals surface area contributed by atoms with Crippen LogP contribution in [0.4, 0.5) is 4.39 Å². The van der Waals surface area contributed by atoms with Gasteiger partial charge in [0.25, 0.3) is 11.5 Å². The van der Waals surface area contributed by atoms with E-state index in [1.54, 1.807) is 23.1 Å². The second kappa shape index (κ2) is 5.84. The fourth-order valence-electron chi connectivity index (χ4n) is 3.42. The zero-order valence-electron chi connectivity index (χ0n) is 13.7. The highest BCUT2D eigenvalue weighted by molar-refractivity contribution is 5.94. The van der Waals surface area contributed by atoms with E-state index >= 15 is 0 Å². The molecule has 1 aliphatic heterocycles. The van der Waals surface area contributed by atoms with Crippen molar-refractivity contribution in [2.75, 3.05) is 6.54 Å². The fraction of sp³-hybridized carbons (Fsp3) is 0.278. The monoisotopic (exact) mass is 340 g/mol. The number of rotatable bonds is 2. The van der Waals surface area contributed by atoms with Crippen LogP contribution in [0.25, 0.3) is 5.65 Å². The minimum atomic E-state index is -0.429. The summed E-state index contributed by atoms with van der Waals surface area (Å²) in [6, 6.07) is 7.75. The molecule has 7 heteroatoms. The van der Waals surface area contributed by atoms with Gasteiger partial charge in [-0.2, -0.15) is 5.10 Å². The van der Waals surface area contributed by atoms with E-state index in [9.17, 15) is 14.0 Å². The van der Waals surface area contributed by atoms with Gasteiger partial charge in [-0.15, -0.1) is 0 Å². The van der Waals surface area contributed by atoms with E-state index < -0.39 is 5.56 Å². The van der Waals surface area contributed by atoms with Crippen LogP contribution >= 0.6 is 0 Å². The van der Waals surface area contributed by atoms with Crippen molar-refractivity contribution in [3.8, 4) is 0 Å². The highest BCUT2D eigenvalue weighted by Gasteiger charge is 2.32. The molecule has 128 valence electrons. The van der Waals surface area contributed by atoms with Crippen LogP contribution in [0.5, 0.6) is 0 Å². The smallest absolute Gasteiger partial charge is 0.264 e. The van der Waals surface area contributed by atoms with E-state index in [4.69, 9.17) is 0 Å². The first-order valence-corrected chi connectivity index (χ1v) is 8.18. The molecule has 1 atom stereocenters. The first kappa shape index (κ1) is 15.6. The SMILES string of the molecule is Cc1cc2[nH]c(=O)c(C(=O)N3CCCC3c3ccc(F)cc3)cn2n1. The van der Waals surface area contributed by atoms with Crippen LogP contribution in [-0.2, 0) is 0 Å². The lowest BCUT2D eigenvalue weighted by Gasteiger charge is -2.25. The van der Waals surface area contributed by atoms with Gasteiger partial charge in [0.05, 0.1) is 11.7 Å². The van der Waals surface area contributed by atoms with Crippen molar-refractivity contribution < 1.29 is 9.18 Å². The highest BCUT2D eigenvalue weighted by Crippen LogP contribution is 2.32. The van der Waals surface area contributed by atoms with Gasteiger partial charge in [0.15, 0.2) is 0 Å². The molecule has 0 radical (unpaired) electrons. The second-order valence-electron chi connectivity index (χ2n) is 6.32. The number of hydrogen-bond acceptors (Lipinski definition) is 3. The maximum atomic E-state index is 13.2. The number of aromatic nitrogens is 3. The Morgan fingerprint density at radius 1 is 1.32 bits per heavy atom. The number of benzene rings is 1. The van der Waals surface area contributed by atoms with Crippen LogP contribution in [0, 0.1) is 12.7 Å². The van der Waals surface area contributed by atoms with Crippen molar-refractivity contribution in [1.29, 1.82) is 0 Å². The van der Waals surface area contributed by atoms with Gasteiger partial charge in [-0.25, -0.2) is 8.91 Å². The van der Waals surface area contributed by atoms with Crippen molar-refractivity contribution in [2.24, 2.45) is 0 Å². The van der Waals surface area contributed by atoms with E-state index in [1.807, 2.05) is 6.92 Å². The molecule has 0 spiro atoms. The number of amides is 1. The van der Waals surface area contributed by atoms with Crippen LogP contribution < -0.4 is 5.56 Å². The van der Waals surface area contributed by atoms with Gasteiger partial charge < -0.3 is 9.88 Å². The number of halogens is 1. The van der Waals surface area contributed by atoms with Gasteiger partial charge in [-0.1, -0.05) is 12.1 Å². The molecule has 0 aliphatic carbocycles. The molecule has 2 aromatic heterocycles. The zero-order valence-corrected chi connectivity index (χ0v) is 13.7. The Morgan fingerprint density at radius 3 is 2.84 bits per heavy atom. The molecular weight excluding hydrogens is 323 g/mol. The number of aromatic amines is 1. The number of fused-ring (bicyclic) bond motifs is 1. The molecule has 1 N–H and O–H groups in total. The molecular formula is C18H17FN4O2. The Hall–Kier alpha value is -2.96. The predicted molar refractivity (Wildman–Crippen MR) is 90.0 cm³/mol. The molecule has 1 aliphatic rings. The van der Waals surface area contributed by atoms with Gasteiger partial charge in [0, 0.05) is 18.8 Å². The predicted octanol–water partition coefficient (Wildman–Crippen LogP) is 2.45. The topological polar surface area (TPSA) is 70.5 Å². The molecule has 0 bridgehead atoms. The Morgan fingerprint density at radius 2 is 2.08 bits per heavy atom. The molecule has 1 aromatic carbocycles. The number of hydrogen-bond donors (Lipinski definition) is 1. The summed E-state index contributed by atoms with van der Waals surface area (Å²) in [5, 5.41) is 4.24. The average molecular weight is 340 g/mol. The van der Waals surface area contributed by atoms with Crippen LogP contribution in [0.15, 0.2) is 41.3 Å². The first-order chi connectivity index (χ1) is 12.0. The van der Waals surface area contributed by atoms with Gasteiger partial charge in [0.2, 0.25) is 0 Å². The third-order valence-corrected chi connectivity index (χ3v) is 4.59. The lowest BCUT2D eigenvalue weighted by molar-refractivity contribution is 0.0733. The molecule has 1 amide bonds. The Labute approximate surface area is 142 Å². The minimum absolute atomic E-state index is 0.0598. The second-order valence-corrected chi connectivity index (χ2v) is 6.32. The maximum absolute atomic E-state index is 13.2. The lowest BCUT2D eigenvalue weighted by Crippen LogP contribution is -2.34. The third kappa shape index (κ3) is 2.71. The number of nitrogens with one attached hydrogen (secondary N) is 1. The van der Waals surface area contributed by atoms with Gasteiger partial charge >= 0.3 is 0 Å². The van der Waals surface area contributed by atoms with Gasteiger partial charge in [-0.3, -0.25) is 9.59 Å². The number of nitrogens with zero attached hydrogens (tertiary/aromatic N) is 3. The first-order valence-electron chi connectivity index (χ1n) is 8.18. The van der Waals surface area contributed by atoms with E-state index in [2.05, 4.69) is 10.1 Å². The van der Waals surface area contributed by atoms with Crippen LogP contribution in [-0.4, -0.2) is 31.9 Å². The largest absolute Gasteiger partial charge is 0.331 e. The van der Waals surface area contributed by atoms with Crippen molar-refractivity contribution >= 4 is 11.6 Å². The number of likely N-dealkylation sites (tertiary alicyclic amines) is 1. The van der Waals surface area contributed by atoms with E-state index in [-0.39, 0.29) is 23.3 Å². The normalized spacial score (nSPS) is 17.4. The Bertz CT molecular complexity index is 1010.